The lowest BCUT2D eigenvalue weighted by Gasteiger charge is -2.13. The molecule has 0 spiro atoms. The molecule has 5 aromatic rings. The molecule has 0 saturated carbocycles. The summed E-state index contributed by atoms with van der Waals surface area (Å²) < 4.78 is 7.80. The van der Waals surface area contributed by atoms with Crippen molar-refractivity contribution in [1.29, 1.82) is 0 Å². The van der Waals surface area contributed by atoms with E-state index in [0.717, 1.165) is 63.7 Å². The molecule has 1 aliphatic rings. The molecule has 0 radical (unpaired) electrons. The number of aromatic nitrogens is 5. The number of hydrogen-bond donors (Lipinski definition) is 2. The molecule has 0 aliphatic carbocycles. The summed E-state index contributed by atoms with van der Waals surface area (Å²) in [6.07, 6.45) is 6.91. The zero-order valence-electron chi connectivity index (χ0n) is 20.4. The molecule has 180 valence electrons. The number of pyridine rings is 1. The Balaban J connectivity index is 1.23. The van der Waals surface area contributed by atoms with Gasteiger partial charge >= 0.3 is 0 Å². The topological polar surface area (TPSA) is 102 Å². The van der Waals surface area contributed by atoms with Gasteiger partial charge in [-0.2, -0.15) is 5.10 Å². The number of aliphatic imine (C=N–C) groups is 1. The molecular weight excluding hydrogens is 452 g/mol. The van der Waals surface area contributed by atoms with Gasteiger partial charge in [0.05, 0.1) is 11.1 Å². The van der Waals surface area contributed by atoms with Crippen LogP contribution in [0.3, 0.4) is 0 Å². The molecule has 0 fully saturated rings. The van der Waals surface area contributed by atoms with Crippen LogP contribution >= 0.6 is 0 Å². The first-order valence-electron chi connectivity index (χ1n) is 11.9. The quantitative estimate of drug-likeness (QED) is 0.324. The van der Waals surface area contributed by atoms with Crippen LogP contribution in [0.4, 0.5) is 17.2 Å². The first-order chi connectivity index (χ1) is 17.4. The van der Waals surface area contributed by atoms with Crippen LogP contribution in [0.2, 0.25) is 0 Å². The summed E-state index contributed by atoms with van der Waals surface area (Å²) in [6.45, 7) is 6.33. The summed E-state index contributed by atoms with van der Waals surface area (Å²) in [5.74, 6) is 3.22. The zero-order chi connectivity index (χ0) is 24.7. The van der Waals surface area contributed by atoms with Gasteiger partial charge in [-0.1, -0.05) is 0 Å². The summed E-state index contributed by atoms with van der Waals surface area (Å²) >= 11 is 0. The molecule has 9 nitrogen and oxygen atoms in total. The predicted octanol–water partition coefficient (Wildman–Crippen LogP) is 5.90. The minimum atomic E-state index is -0.00794. The van der Waals surface area contributed by atoms with Crippen molar-refractivity contribution in [3.63, 3.8) is 0 Å². The Morgan fingerprint density at radius 1 is 0.917 bits per heavy atom. The molecule has 2 aromatic carbocycles. The molecule has 6 rings (SSSR count). The van der Waals surface area contributed by atoms with E-state index >= 15 is 0 Å². The van der Waals surface area contributed by atoms with E-state index in [1.807, 2.05) is 55.6 Å². The molecule has 0 unspecified atom stereocenters. The van der Waals surface area contributed by atoms with E-state index in [1.54, 1.807) is 10.8 Å². The van der Waals surface area contributed by atoms with Gasteiger partial charge in [0.2, 0.25) is 0 Å². The van der Waals surface area contributed by atoms with Gasteiger partial charge in [-0.3, -0.25) is 4.99 Å². The maximum Gasteiger partial charge on any atom is 0.158 e. The lowest BCUT2D eigenvalue weighted by atomic mass is 10.0. The number of amidine groups is 1. The van der Waals surface area contributed by atoms with Crippen molar-refractivity contribution < 1.29 is 4.74 Å². The highest BCUT2D eigenvalue weighted by molar-refractivity contribution is 6.00. The average Bonchev–Trinajstić information content (AvgIpc) is 3.46. The molecule has 3 aromatic heterocycles. The molecular formula is C27H26N8O. The normalized spacial score (nSPS) is 14.7. The van der Waals surface area contributed by atoms with Crippen molar-refractivity contribution in [1.82, 2.24) is 24.6 Å². The SMILES string of the molecule is Cc1cc(Nc2ncnc3ccc(NC4=NC(C)(C)CC4)cc23)ccc1Oc1ccn2ncnc2c1. The second-order valence-electron chi connectivity index (χ2n) is 9.58. The highest BCUT2D eigenvalue weighted by atomic mass is 16.5. The molecule has 4 heterocycles. The number of ether oxygens (including phenoxy) is 1. The Kier molecular flexibility index (Phi) is 5.25. The van der Waals surface area contributed by atoms with Gasteiger partial charge < -0.3 is 15.4 Å². The Morgan fingerprint density at radius 3 is 2.61 bits per heavy atom. The van der Waals surface area contributed by atoms with E-state index in [1.165, 1.54) is 6.33 Å². The number of aryl methyl sites for hydroxylation is 1. The van der Waals surface area contributed by atoms with Gasteiger partial charge in [0.25, 0.3) is 0 Å². The number of nitrogens with zero attached hydrogens (tertiary/aromatic N) is 6. The summed E-state index contributed by atoms with van der Waals surface area (Å²) in [4.78, 5) is 17.9. The fraction of sp³-hybridized carbons (Fsp3) is 0.222. The van der Waals surface area contributed by atoms with E-state index in [2.05, 4.69) is 50.6 Å². The van der Waals surface area contributed by atoms with E-state index in [9.17, 15) is 0 Å². The van der Waals surface area contributed by atoms with Crippen LogP contribution in [0.1, 0.15) is 32.3 Å². The second kappa shape index (κ2) is 8.60. The van der Waals surface area contributed by atoms with Crippen molar-refractivity contribution in [2.24, 2.45) is 4.99 Å². The average molecular weight is 479 g/mol. The van der Waals surface area contributed by atoms with Crippen LogP contribution in [0, 0.1) is 6.92 Å². The molecule has 0 amide bonds. The smallest absolute Gasteiger partial charge is 0.158 e. The minimum Gasteiger partial charge on any atom is -0.457 e. The Bertz CT molecular complexity index is 1620. The second-order valence-corrected chi connectivity index (χ2v) is 9.58. The first kappa shape index (κ1) is 22.0. The molecule has 36 heavy (non-hydrogen) atoms. The van der Waals surface area contributed by atoms with Gasteiger partial charge in [-0.25, -0.2) is 19.5 Å². The van der Waals surface area contributed by atoms with Crippen molar-refractivity contribution in [2.75, 3.05) is 10.6 Å². The third-order valence-corrected chi connectivity index (χ3v) is 6.25. The Morgan fingerprint density at radius 2 is 1.78 bits per heavy atom. The van der Waals surface area contributed by atoms with Crippen molar-refractivity contribution in [2.45, 2.75) is 39.2 Å². The predicted molar refractivity (Wildman–Crippen MR) is 141 cm³/mol. The Labute approximate surface area is 208 Å². The summed E-state index contributed by atoms with van der Waals surface area (Å²) in [6, 6.07) is 15.8. The highest BCUT2D eigenvalue weighted by Crippen LogP contribution is 2.31. The zero-order valence-corrected chi connectivity index (χ0v) is 20.4. The fourth-order valence-corrected chi connectivity index (χ4v) is 4.36. The van der Waals surface area contributed by atoms with E-state index < -0.39 is 0 Å². The number of fused-ring (bicyclic) bond motifs is 2. The molecule has 2 N–H and O–H groups in total. The summed E-state index contributed by atoms with van der Waals surface area (Å²) in [5.41, 5.74) is 4.47. The Hall–Kier alpha value is -4.53. The van der Waals surface area contributed by atoms with Crippen molar-refractivity contribution in [3.8, 4) is 11.5 Å². The van der Waals surface area contributed by atoms with Gasteiger partial charge in [-0.05, 0) is 75.2 Å². The third-order valence-electron chi connectivity index (χ3n) is 6.25. The lowest BCUT2D eigenvalue weighted by Crippen LogP contribution is -2.11. The molecule has 0 saturated heterocycles. The largest absolute Gasteiger partial charge is 0.457 e. The lowest BCUT2D eigenvalue weighted by molar-refractivity contribution is 0.478. The number of hydrogen-bond acceptors (Lipinski definition) is 8. The van der Waals surface area contributed by atoms with Crippen LogP contribution in [0.5, 0.6) is 11.5 Å². The maximum absolute atomic E-state index is 6.10. The maximum atomic E-state index is 6.10. The number of benzene rings is 2. The van der Waals surface area contributed by atoms with Gasteiger partial charge in [0.1, 0.15) is 35.8 Å². The molecule has 0 bridgehead atoms. The van der Waals surface area contributed by atoms with Gasteiger partial charge in [0.15, 0.2) is 5.65 Å². The van der Waals surface area contributed by atoms with E-state index in [-0.39, 0.29) is 5.54 Å². The van der Waals surface area contributed by atoms with Crippen LogP contribution in [0.25, 0.3) is 16.6 Å². The molecule has 1 aliphatic heterocycles. The standard InChI is InChI=1S/C27H26N8O/c1-17-12-18(5-7-23(17)36-20-9-11-35-25(14-20)29-16-31-35)33-26-21-13-19(4-6-22(21)28-15-30-26)32-24-8-10-27(2,3)34-24/h4-7,9,11-16H,8,10H2,1-3H3,(H,32,34)(H,28,30,33). The highest BCUT2D eigenvalue weighted by Gasteiger charge is 2.24. The van der Waals surface area contributed by atoms with Crippen molar-refractivity contribution in [3.05, 3.63) is 72.9 Å². The fourth-order valence-electron chi connectivity index (χ4n) is 4.36. The molecule has 9 heteroatoms. The van der Waals surface area contributed by atoms with Crippen LogP contribution in [-0.2, 0) is 0 Å². The third kappa shape index (κ3) is 4.43. The minimum absolute atomic E-state index is 0.00794. The van der Waals surface area contributed by atoms with Crippen LogP contribution in [-0.4, -0.2) is 35.9 Å². The monoisotopic (exact) mass is 478 g/mol. The van der Waals surface area contributed by atoms with Crippen LogP contribution < -0.4 is 15.4 Å². The van der Waals surface area contributed by atoms with Gasteiger partial charge in [0, 0.05) is 35.4 Å². The van der Waals surface area contributed by atoms with Gasteiger partial charge in [-0.15, -0.1) is 0 Å². The van der Waals surface area contributed by atoms with E-state index in [4.69, 9.17) is 9.73 Å². The number of anilines is 3. The van der Waals surface area contributed by atoms with Crippen LogP contribution in [0.15, 0.2) is 72.4 Å². The van der Waals surface area contributed by atoms with E-state index in [0.29, 0.717) is 5.75 Å². The molecule has 0 atom stereocenters. The first-order valence-corrected chi connectivity index (χ1v) is 11.9. The summed E-state index contributed by atoms with van der Waals surface area (Å²) in [7, 11) is 0. The number of nitrogens with one attached hydrogen (secondary N) is 2. The summed E-state index contributed by atoms with van der Waals surface area (Å²) in [5, 5.41) is 12.0. The van der Waals surface area contributed by atoms with Crippen molar-refractivity contribution >= 4 is 39.6 Å². The number of rotatable bonds is 5.